The van der Waals surface area contributed by atoms with Crippen LogP contribution in [0.3, 0.4) is 0 Å². The second-order valence-electron chi connectivity index (χ2n) is 4.45. The Labute approximate surface area is 116 Å². The molecular weight excluding hydrogens is 288 g/mol. The standard InChI is InChI=1S/C13H8F4N4/c1-21-6-19-12-10(21)5-18-11(20-12)8-4-7(14)2-3-9(8)13(15,16)17/h2-6H,1H3. The highest BCUT2D eigenvalue weighted by Gasteiger charge is 2.34. The lowest BCUT2D eigenvalue weighted by Crippen LogP contribution is -2.08. The van der Waals surface area contributed by atoms with E-state index in [1.165, 1.54) is 12.5 Å². The van der Waals surface area contributed by atoms with E-state index >= 15 is 0 Å². The first-order chi connectivity index (χ1) is 9.86. The molecule has 2 aromatic heterocycles. The Morgan fingerprint density at radius 1 is 1.14 bits per heavy atom. The van der Waals surface area contributed by atoms with Crippen molar-refractivity contribution in [2.24, 2.45) is 7.05 Å². The summed E-state index contributed by atoms with van der Waals surface area (Å²) in [7, 11) is 1.71. The van der Waals surface area contributed by atoms with Crippen molar-refractivity contribution in [2.45, 2.75) is 6.18 Å². The van der Waals surface area contributed by atoms with Crippen molar-refractivity contribution in [1.29, 1.82) is 0 Å². The predicted octanol–water partition coefficient (Wildman–Crippen LogP) is 3.19. The van der Waals surface area contributed by atoms with Crippen molar-refractivity contribution >= 4 is 11.2 Å². The van der Waals surface area contributed by atoms with Crippen molar-refractivity contribution in [1.82, 2.24) is 19.5 Å². The number of hydrogen-bond acceptors (Lipinski definition) is 3. The van der Waals surface area contributed by atoms with E-state index in [4.69, 9.17) is 0 Å². The van der Waals surface area contributed by atoms with Gasteiger partial charge in [0.15, 0.2) is 11.5 Å². The lowest BCUT2D eigenvalue weighted by Gasteiger charge is -2.11. The molecule has 0 N–H and O–H groups in total. The fourth-order valence-electron chi connectivity index (χ4n) is 1.99. The minimum atomic E-state index is -4.62. The van der Waals surface area contributed by atoms with Crippen molar-refractivity contribution in [2.75, 3.05) is 0 Å². The van der Waals surface area contributed by atoms with Crippen molar-refractivity contribution in [3.63, 3.8) is 0 Å². The molecule has 0 saturated heterocycles. The summed E-state index contributed by atoms with van der Waals surface area (Å²) in [5.74, 6) is -1.00. The molecule has 0 aliphatic rings. The van der Waals surface area contributed by atoms with E-state index in [-0.39, 0.29) is 11.5 Å². The minimum absolute atomic E-state index is 0.215. The molecule has 108 valence electrons. The van der Waals surface area contributed by atoms with Crippen molar-refractivity contribution in [3.8, 4) is 11.4 Å². The molecule has 0 atom stereocenters. The van der Waals surface area contributed by atoms with Crippen LogP contribution in [0.15, 0.2) is 30.7 Å². The normalized spacial score (nSPS) is 12.0. The zero-order chi connectivity index (χ0) is 15.2. The van der Waals surface area contributed by atoms with Crippen LogP contribution in [-0.4, -0.2) is 19.5 Å². The molecule has 0 fully saturated rings. The summed E-state index contributed by atoms with van der Waals surface area (Å²) in [6.45, 7) is 0. The first-order valence-corrected chi connectivity index (χ1v) is 5.87. The van der Waals surface area contributed by atoms with E-state index in [0.717, 1.165) is 12.1 Å². The summed E-state index contributed by atoms with van der Waals surface area (Å²) < 4.78 is 53.9. The number of imidazole rings is 1. The summed E-state index contributed by atoms with van der Waals surface area (Å²) in [5, 5.41) is 0. The molecule has 0 radical (unpaired) electrons. The number of rotatable bonds is 1. The molecule has 0 unspecified atom stereocenters. The maximum Gasteiger partial charge on any atom is 0.417 e. The van der Waals surface area contributed by atoms with E-state index in [1.807, 2.05) is 0 Å². The highest BCUT2D eigenvalue weighted by atomic mass is 19.4. The number of benzene rings is 1. The van der Waals surface area contributed by atoms with Gasteiger partial charge in [0, 0.05) is 12.6 Å². The van der Waals surface area contributed by atoms with Crippen LogP contribution < -0.4 is 0 Å². The van der Waals surface area contributed by atoms with Crippen LogP contribution in [0.2, 0.25) is 0 Å². The average molecular weight is 296 g/mol. The number of aryl methyl sites for hydroxylation is 1. The number of halogens is 4. The smallest absolute Gasteiger partial charge is 0.331 e. The van der Waals surface area contributed by atoms with E-state index in [9.17, 15) is 17.6 Å². The Morgan fingerprint density at radius 2 is 1.90 bits per heavy atom. The third kappa shape index (κ3) is 2.32. The molecule has 8 heteroatoms. The lowest BCUT2D eigenvalue weighted by atomic mass is 10.1. The van der Waals surface area contributed by atoms with Crippen LogP contribution in [0, 0.1) is 5.82 Å². The number of fused-ring (bicyclic) bond motifs is 1. The highest BCUT2D eigenvalue weighted by Crippen LogP contribution is 2.36. The second kappa shape index (κ2) is 4.51. The molecule has 4 nitrogen and oxygen atoms in total. The molecule has 2 heterocycles. The SMILES string of the molecule is Cn1cnc2nc(-c3cc(F)ccc3C(F)(F)F)ncc21. The van der Waals surface area contributed by atoms with Gasteiger partial charge < -0.3 is 4.57 Å². The minimum Gasteiger partial charge on any atom is -0.331 e. The van der Waals surface area contributed by atoms with E-state index < -0.39 is 23.1 Å². The van der Waals surface area contributed by atoms with Gasteiger partial charge in [0.05, 0.1) is 18.1 Å². The summed E-state index contributed by atoms with van der Waals surface area (Å²) in [5.41, 5.74) is -0.571. The molecule has 0 saturated carbocycles. The Hall–Kier alpha value is -2.51. The molecule has 0 spiro atoms. The number of hydrogen-bond donors (Lipinski definition) is 0. The lowest BCUT2D eigenvalue weighted by molar-refractivity contribution is -0.137. The van der Waals surface area contributed by atoms with Crippen molar-refractivity contribution < 1.29 is 17.6 Å². The van der Waals surface area contributed by atoms with Gasteiger partial charge in [-0.25, -0.2) is 19.3 Å². The molecule has 0 amide bonds. The zero-order valence-corrected chi connectivity index (χ0v) is 10.7. The molecule has 3 rings (SSSR count). The van der Waals surface area contributed by atoms with Crippen LogP contribution in [0.4, 0.5) is 17.6 Å². The van der Waals surface area contributed by atoms with Gasteiger partial charge in [0.2, 0.25) is 0 Å². The monoisotopic (exact) mass is 296 g/mol. The maximum absolute atomic E-state index is 13.3. The van der Waals surface area contributed by atoms with Gasteiger partial charge in [-0.15, -0.1) is 0 Å². The van der Waals surface area contributed by atoms with E-state index in [2.05, 4.69) is 15.0 Å². The molecule has 0 aliphatic heterocycles. The molecule has 1 aromatic carbocycles. The van der Waals surface area contributed by atoms with Gasteiger partial charge in [-0.2, -0.15) is 13.2 Å². The molecular formula is C13H8F4N4. The van der Waals surface area contributed by atoms with E-state index in [1.54, 1.807) is 11.6 Å². The van der Waals surface area contributed by atoms with Gasteiger partial charge in [0.25, 0.3) is 0 Å². The number of aromatic nitrogens is 4. The van der Waals surface area contributed by atoms with Gasteiger partial charge in [-0.1, -0.05) is 0 Å². The van der Waals surface area contributed by atoms with Crippen LogP contribution in [-0.2, 0) is 13.2 Å². The van der Waals surface area contributed by atoms with E-state index in [0.29, 0.717) is 11.6 Å². The first-order valence-electron chi connectivity index (χ1n) is 5.87. The van der Waals surface area contributed by atoms with Crippen LogP contribution in [0.1, 0.15) is 5.56 Å². The maximum atomic E-state index is 13.3. The van der Waals surface area contributed by atoms with Gasteiger partial charge in [-0.3, -0.25) is 0 Å². The summed E-state index contributed by atoms with van der Waals surface area (Å²) in [6.07, 6.45) is -1.79. The van der Waals surface area contributed by atoms with Gasteiger partial charge in [-0.05, 0) is 18.2 Å². The molecule has 21 heavy (non-hydrogen) atoms. The first kappa shape index (κ1) is 13.5. The summed E-state index contributed by atoms with van der Waals surface area (Å²) in [6, 6.07) is 2.20. The summed E-state index contributed by atoms with van der Waals surface area (Å²) >= 11 is 0. The molecule has 3 aromatic rings. The average Bonchev–Trinajstić information content (AvgIpc) is 2.78. The van der Waals surface area contributed by atoms with Crippen LogP contribution in [0.25, 0.3) is 22.6 Å². The van der Waals surface area contributed by atoms with Crippen molar-refractivity contribution in [3.05, 3.63) is 42.1 Å². The van der Waals surface area contributed by atoms with Gasteiger partial charge in [0.1, 0.15) is 11.3 Å². The number of alkyl halides is 3. The second-order valence-corrected chi connectivity index (χ2v) is 4.45. The molecule has 0 bridgehead atoms. The third-order valence-electron chi connectivity index (χ3n) is 3.01. The van der Waals surface area contributed by atoms with Crippen LogP contribution in [0.5, 0.6) is 0 Å². The molecule has 0 aliphatic carbocycles. The Morgan fingerprint density at radius 3 is 2.62 bits per heavy atom. The summed E-state index contributed by atoms with van der Waals surface area (Å²) in [4.78, 5) is 11.8. The topological polar surface area (TPSA) is 43.6 Å². The van der Waals surface area contributed by atoms with Gasteiger partial charge >= 0.3 is 6.18 Å². The Balaban J connectivity index is 2.24. The number of nitrogens with zero attached hydrogens (tertiary/aromatic N) is 4. The predicted molar refractivity (Wildman–Crippen MR) is 66.7 cm³/mol. The van der Waals surface area contributed by atoms with Crippen LogP contribution >= 0.6 is 0 Å². The third-order valence-corrected chi connectivity index (χ3v) is 3.01. The largest absolute Gasteiger partial charge is 0.417 e. The Bertz CT molecular complexity index is 823. The highest BCUT2D eigenvalue weighted by molar-refractivity contribution is 5.73. The fourth-order valence-corrected chi connectivity index (χ4v) is 1.99. The Kier molecular flexibility index (Phi) is 2.89. The quantitative estimate of drug-likeness (QED) is 0.648. The zero-order valence-electron chi connectivity index (χ0n) is 10.7. The fraction of sp³-hybridized carbons (Fsp3) is 0.154.